The Kier molecular flexibility index (Phi) is 19.6. The quantitative estimate of drug-likeness (QED) is 0.333. The molecule has 0 aromatic carbocycles. The lowest BCUT2D eigenvalue weighted by Gasteiger charge is -2.40. The Morgan fingerprint density at radius 2 is 0.882 bits per heavy atom. The predicted octanol–water partition coefficient (Wildman–Crippen LogP) is 6.44. The highest BCUT2D eigenvalue weighted by molar-refractivity contribution is 5.81. The van der Waals surface area contributed by atoms with Crippen LogP contribution in [-0.2, 0) is 14.3 Å². The minimum atomic E-state index is -0.460. The number of amides is 2. The molecule has 0 aromatic rings. The maximum absolute atomic E-state index is 12.0. The molecule has 6 fully saturated rings. The summed E-state index contributed by atoms with van der Waals surface area (Å²) in [5, 5.41) is 6.71. The van der Waals surface area contributed by atoms with E-state index in [9.17, 15) is 14.4 Å². The summed E-state index contributed by atoms with van der Waals surface area (Å²) in [6.07, 6.45) is 18.0. The van der Waals surface area contributed by atoms with Crippen molar-refractivity contribution in [2.75, 3.05) is 78.5 Å². The Morgan fingerprint density at radius 1 is 0.510 bits per heavy atom. The van der Waals surface area contributed by atoms with E-state index in [-0.39, 0.29) is 23.6 Å². The number of rotatable bonds is 2. The molecule has 6 aliphatic rings. The molecular formula is C40H76N6O5. The van der Waals surface area contributed by atoms with Crippen molar-refractivity contribution in [2.24, 2.45) is 0 Å². The number of Topliss-reactive ketones (excluding diaryl/α,β-unsaturated/α-hetero) is 1. The van der Waals surface area contributed by atoms with Crippen molar-refractivity contribution >= 4 is 18.0 Å². The number of piperidine rings is 6. The van der Waals surface area contributed by atoms with E-state index in [4.69, 9.17) is 9.47 Å². The lowest BCUT2D eigenvalue weighted by molar-refractivity contribution is -0.121. The minimum Gasteiger partial charge on any atom is -0.444 e. The molecule has 2 N–H and O–H groups in total. The number of ketones is 1. The summed E-state index contributed by atoms with van der Waals surface area (Å²) < 4.78 is 10.6. The van der Waals surface area contributed by atoms with Crippen LogP contribution in [0.3, 0.4) is 0 Å². The Labute approximate surface area is 311 Å². The highest BCUT2D eigenvalue weighted by Crippen LogP contribution is 2.22. The van der Waals surface area contributed by atoms with Crippen molar-refractivity contribution in [1.29, 1.82) is 0 Å². The molecule has 0 saturated carbocycles. The maximum atomic E-state index is 12.0. The van der Waals surface area contributed by atoms with Crippen LogP contribution in [-0.4, -0.2) is 139 Å². The fourth-order valence-corrected chi connectivity index (χ4v) is 7.55. The van der Waals surface area contributed by atoms with E-state index >= 15 is 0 Å². The first-order chi connectivity index (χ1) is 24.3. The van der Waals surface area contributed by atoms with Crippen molar-refractivity contribution in [3.63, 3.8) is 0 Å². The smallest absolute Gasteiger partial charge is 0.410 e. The molecule has 296 valence electrons. The second-order valence-corrected chi connectivity index (χ2v) is 17.2. The third-order valence-corrected chi connectivity index (χ3v) is 10.4. The monoisotopic (exact) mass is 721 g/mol. The van der Waals surface area contributed by atoms with Crippen LogP contribution in [0.15, 0.2) is 0 Å². The normalized spacial score (nSPS) is 23.4. The predicted molar refractivity (Wildman–Crippen MR) is 206 cm³/mol. The number of carbonyl (C=O) groups is 3. The van der Waals surface area contributed by atoms with E-state index in [1.165, 1.54) is 123 Å². The van der Waals surface area contributed by atoms with Crippen LogP contribution in [0.2, 0.25) is 0 Å². The lowest BCUT2D eigenvalue weighted by atomic mass is 10.0. The number of nitrogens with zero attached hydrogens (tertiary/aromatic N) is 4. The van der Waals surface area contributed by atoms with E-state index in [1.54, 1.807) is 4.90 Å². The molecule has 6 heterocycles. The Bertz CT molecular complexity index is 947. The second kappa shape index (κ2) is 23.0. The standard InChI is InChI=1S/C15H28N2O2.C10H20N2.C10H17NO3.C5H11N/c1-15(2,3)19-14(18)17-11-7-13(8-12-17)16-9-5-4-6-10-16;1-2-8-12(9-3-1)10-4-6-11-7-5-10;1-10(2,3)14-9(13)11-6-4-8(12)5-7-11;1-2-4-6-5-3-1/h13H,4-12H2,1-3H3;10-11H,1-9H2;4-7H2,1-3H3;6H,1-5H2. The van der Waals surface area contributed by atoms with Gasteiger partial charge in [0.15, 0.2) is 0 Å². The molecule has 0 radical (unpaired) electrons. The van der Waals surface area contributed by atoms with E-state index in [0.29, 0.717) is 32.0 Å². The maximum Gasteiger partial charge on any atom is 0.410 e. The molecule has 11 nitrogen and oxygen atoms in total. The third kappa shape index (κ3) is 18.6. The fraction of sp³-hybridized carbons (Fsp3) is 0.925. The third-order valence-electron chi connectivity index (χ3n) is 10.4. The van der Waals surface area contributed by atoms with Gasteiger partial charge in [-0.25, -0.2) is 9.59 Å². The molecule has 0 bridgehead atoms. The van der Waals surface area contributed by atoms with Crippen molar-refractivity contribution in [3.05, 3.63) is 0 Å². The molecule has 6 saturated heterocycles. The summed E-state index contributed by atoms with van der Waals surface area (Å²) >= 11 is 0. The number of hydrogen-bond donors (Lipinski definition) is 2. The van der Waals surface area contributed by atoms with Gasteiger partial charge in [-0.3, -0.25) is 4.79 Å². The molecule has 2 amide bonds. The summed E-state index contributed by atoms with van der Waals surface area (Å²) in [4.78, 5) is 43.2. The van der Waals surface area contributed by atoms with Gasteiger partial charge in [-0.2, -0.15) is 0 Å². The lowest BCUT2D eigenvalue weighted by Crippen LogP contribution is -2.49. The topological polar surface area (TPSA) is 107 Å². The highest BCUT2D eigenvalue weighted by Gasteiger charge is 2.30. The average Bonchev–Trinajstić information content (AvgIpc) is 3.13. The first kappa shape index (κ1) is 43.5. The molecule has 0 atom stereocenters. The molecular weight excluding hydrogens is 644 g/mol. The summed E-state index contributed by atoms with van der Waals surface area (Å²) in [6.45, 7) is 24.1. The van der Waals surface area contributed by atoms with E-state index in [1.807, 2.05) is 46.4 Å². The fourth-order valence-electron chi connectivity index (χ4n) is 7.55. The molecule has 51 heavy (non-hydrogen) atoms. The van der Waals surface area contributed by atoms with Gasteiger partial charge < -0.3 is 39.7 Å². The second-order valence-electron chi connectivity index (χ2n) is 17.2. The highest BCUT2D eigenvalue weighted by atomic mass is 16.6. The van der Waals surface area contributed by atoms with E-state index in [0.717, 1.165) is 32.0 Å². The zero-order valence-electron chi connectivity index (χ0n) is 33.6. The van der Waals surface area contributed by atoms with Crippen LogP contribution >= 0.6 is 0 Å². The average molecular weight is 721 g/mol. The van der Waals surface area contributed by atoms with Crippen LogP contribution in [0.1, 0.15) is 138 Å². The SMILES string of the molecule is C1CCN(C2CCNCC2)CC1.C1CCNCC1.CC(C)(C)OC(=O)N1CCC(=O)CC1.CC(C)(C)OC(=O)N1CCC(N2CCCCC2)CC1. The van der Waals surface area contributed by atoms with Gasteiger partial charge in [-0.1, -0.05) is 19.3 Å². The Hall–Kier alpha value is -1.95. The van der Waals surface area contributed by atoms with Gasteiger partial charge in [-0.15, -0.1) is 0 Å². The Morgan fingerprint density at radius 3 is 1.25 bits per heavy atom. The summed E-state index contributed by atoms with van der Waals surface area (Å²) in [7, 11) is 0. The van der Waals surface area contributed by atoms with Gasteiger partial charge in [0.25, 0.3) is 0 Å². The number of likely N-dealkylation sites (tertiary alicyclic amines) is 4. The molecule has 6 rings (SSSR count). The van der Waals surface area contributed by atoms with Gasteiger partial charge in [0.2, 0.25) is 0 Å². The number of ether oxygens (including phenoxy) is 2. The van der Waals surface area contributed by atoms with Gasteiger partial charge in [-0.05, 0) is 158 Å². The number of hydrogen-bond acceptors (Lipinski definition) is 9. The largest absolute Gasteiger partial charge is 0.444 e. The first-order valence-electron chi connectivity index (χ1n) is 20.7. The molecule has 0 spiro atoms. The van der Waals surface area contributed by atoms with Gasteiger partial charge in [0, 0.05) is 51.1 Å². The van der Waals surface area contributed by atoms with Crippen LogP contribution < -0.4 is 10.6 Å². The van der Waals surface area contributed by atoms with Crippen LogP contribution in [0.25, 0.3) is 0 Å². The number of carbonyl (C=O) groups excluding carboxylic acids is 3. The van der Waals surface area contributed by atoms with Crippen molar-refractivity contribution in [3.8, 4) is 0 Å². The summed E-state index contributed by atoms with van der Waals surface area (Å²) in [5.74, 6) is 0.227. The van der Waals surface area contributed by atoms with Gasteiger partial charge in [0.05, 0.1) is 0 Å². The molecule has 0 aromatic heterocycles. The molecule has 11 heteroatoms. The summed E-state index contributed by atoms with van der Waals surface area (Å²) in [5.41, 5.74) is -0.848. The van der Waals surface area contributed by atoms with Crippen molar-refractivity contribution in [2.45, 2.75) is 161 Å². The van der Waals surface area contributed by atoms with Crippen LogP contribution in [0.5, 0.6) is 0 Å². The minimum absolute atomic E-state index is 0.149. The Balaban J connectivity index is 0.000000195. The molecule has 6 aliphatic heterocycles. The van der Waals surface area contributed by atoms with E-state index in [2.05, 4.69) is 20.4 Å². The zero-order valence-corrected chi connectivity index (χ0v) is 33.6. The van der Waals surface area contributed by atoms with E-state index < -0.39 is 5.60 Å². The summed E-state index contributed by atoms with van der Waals surface area (Å²) in [6, 6.07) is 1.59. The first-order valence-corrected chi connectivity index (χ1v) is 20.7. The zero-order chi connectivity index (χ0) is 37.1. The molecule has 0 unspecified atom stereocenters. The van der Waals surface area contributed by atoms with Gasteiger partial charge >= 0.3 is 12.2 Å². The van der Waals surface area contributed by atoms with Crippen LogP contribution in [0.4, 0.5) is 9.59 Å². The van der Waals surface area contributed by atoms with Gasteiger partial charge in [0.1, 0.15) is 17.0 Å². The van der Waals surface area contributed by atoms with Crippen molar-refractivity contribution < 1.29 is 23.9 Å². The van der Waals surface area contributed by atoms with Crippen LogP contribution in [0, 0.1) is 0 Å². The number of nitrogens with one attached hydrogen (secondary N) is 2. The molecule has 0 aliphatic carbocycles. The van der Waals surface area contributed by atoms with Crippen molar-refractivity contribution in [1.82, 2.24) is 30.2 Å².